The maximum atomic E-state index is 5.65. The Morgan fingerprint density at radius 2 is 2.39 bits per heavy atom. The van der Waals surface area contributed by atoms with Crippen molar-refractivity contribution in [3.05, 3.63) is 11.1 Å². The summed E-state index contributed by atoms with van der Waals surface area (Å²) < 4.78 is 5.65. The third kappa shape index (κ3) is 3.93. The van der Waals surface area contributed by atoms with Gasteiger partial charge < -0.3 is 15.0 Å². The zero-order valence-corrected chi connectivity index (χ0v) is 12.3. The SMILES string of the molecule is CNC(C)c1csc(N(C)CCOCC2CC2)n1. The van der Waals surface area contributed by atoms with Gasteiger partial charge in [-0.3, -0.25) is 0 Å². The van der Waals surface area contributed by atoms with Crippen LogP contribution >= 0.6 is 11.3 Å². The second-order valence-electron chi connectivity index (χ2n) is 5.01. The zero-order valence-electron chi connectivity index (χ0n) is 11.5. The van der Waals surface area contributed by atoms with Gasteiger partial charge in [0.05, 0.1) is 12.3 Å². The van der Waals surface area contributed by atoms with Crippen molar-refractivity contribution < 1.29 is 4.74 Å². The summed E-state index contributed by atoms with van der Waals surface area (Å²) in [6.45, 7) is 4.77. The maximum Gasteiger partial charge on any atom is 0.185 e. The van der Waals surface area contributed by atoms with Gasteiger partial charge in [0.2, 0.25) is 0 Å². The molecule has 102 valence electrons. The van der Waals surface area contributed by atoms with Crippen molar-refractivity contribution in [3.63, 3.8) is 0 Å². The minimum absolute atomic E-state index is 0.314. The number of ether oxygens (including phenoxy) is 1. The van der Waals surface area contributed by atoms with E-state index in [4.69, 9.17) is 4.74 Å². The van der Waals surface area contributed by atoms with E-state index in [0.29, 0.717) is 6.04 Å². The second kappa shape index (κ2) is 6.50. The molecule has 4 nitrogen and oxygen atoms in total. The lowest BCUT2D eigenvalue weighted by molar-refractivity contribution is 0.131. The summed E-state index contributed by atoms with van der Waals surface area (Å²) in [7, 11) is 4.03. The van der Waals surface area contributed by atoms with Gasteiger partial charge in [-0.25, -0.2) is 4.98 Å². The fourth-order valence-corrected chi connectivity index (χ4v) is 2.54. The highest BCUT2D eigenvalue weighted by molar-refractivity contribution is 7.13. The summed E-state index contributed by atoms with van der Waals surface area (Å²) in [5.74, 6) is 0.846. The molecule has 1 aromatic rings. The summed E-state index contributed by atoms with van der Waals surface area (Å²) in [6, 6.07) is 0.314. The molecule has 1 fully saturated rings. The van der Waals surface area contributed by atoms with Crippen LogP contribution in [0, 0.1) is 5.92 Å². The molecule has 1 aliphatic carbocycles. The molecule has 1 heterocycles. The monoisotopic (exact) mass is 269 g/mol. The molecule has 1 aromatic heterocycles. The first-order valence-electron chi connectivity index (χ1n) is 6.62. The first kappa shape index (κ1) is 13.8. The van der Waals surface area contributed by atoms with Crippen molar-refractivity contribution in [2.45, 2.75) is 25.8 Å². The molecule has 1 unspecified atom stereocenters. The maximum absolute atomic E-state index is 5.65. The average molecular weight is 269 g/mol. The fraction of sp³-hybridized carbons (Fsp3) is 0.769. The Hall–Kier alpha value is -0.650. The Balaban J connectivity index is 1.73. The molecule has 1 N–H and O–H groups in total. The number of nitrogens with one attached hydrogen (secondary N) is 1. The standard InChI is InChI=1S/C13H23N3OS/c1-10(14-2)12-9-18-13(15-12)16(3)6-7-17-8-11-4-5-11/h9-11,14H,4-8H2,1-3H3. The highest BCUT2D eigenvalue weighted by Crippen LogP contribution is 2.28. The van der Waals surface area contributed by atoms with E-state index in [1.807, 2.05) is 7.05 Å². The van der Waals surface area contributed by atoms with Gasteiger partial charge in [-0.2, -0.15) is 0 Å². The van der Waals surface area contributed by atoms with Crippen molar-refractivity contribution >= 4 is 16.5 Å². The Kier molecular flexibility index (Phi) is 4.97. The van der Waals surface area contributed by atoms with Crippen molar-refractivity contribution in [1.29, 1.82) is 0 Å². The molecule has 0 radical (unpaired) electrons. The van der Waals surface area contributed by atoms with Gasteiger partial charge >= 0.3 is 0 Å². The molecular formula is C13H23N3OS. The van der Waals surface area contributed by atoms with Gasteiger partial charge in [-0.05, 0) is 32.7 Å². The molecule has 18 heavy (non-hydrogen) atoms. The summed E-state index contributed by atoms with van der Waals surface area (Å²) in [5, 5.41) is 6.40. The van der Waals surface area contributed by atoms with Crippen LogP contribution in [0.5, 0.6) is 0 Å². The number of nitrogens with zero attached hydrogens (tertiary/aromatic N) is 2. The van der Waals surface area contributed by atoms with E-state index in [9.17, 15) is 0 Å². The average Bonchev–Trinajstić information content (AvgIpc) is 3.07. The largest absolute Gasteiger partial charge is 0.379 e. The molecule has 1 aliphatic rings. The van der Waals surface area contributed by atoms with E-state index in [0.717, 1.165) is 36.5 Å². The lowest BCUT2D eigenvalue weighted by atomic mass is 10.3. The smallest absolute Gasteiger partial charge is 0.185 e. The summed E-state index contributed by atoms with van der Waals surface area (Å²) in [4.78, 5) is 6.80. The molecule has 0 saturated heterocycles. The summed E-state index contributed by atoms with van der Waals surface area (Å²) in [6.07, 6.45) is 2.71. The number of thiazole rings is 1. The van der Waals surface area contributed by atoms with Crippen LogP contribution in [0.15, 0.2) is 5.38 Å². The Bertz CT molecular complexity index is 365. The van der Waals surface area contributed by atoms with E-state index in [-0.39, 0.29) is 0 Å². The molecule has 1 atom stereocenters. The van der Waals surface area contributed by atoms with Crippen LogP contribution in [-0.2, 0) is 4.74 Å². The van der Waals surface area contributed by atoms with E-state index >= 15 is 0 Å². The topological polar surface area (TPSA) is 37.4 Å². The van der Waals surface area contributed by atoms with Gasteiger partial charge in [-0.1, -0.05) is 0 Å². The third-order valence-electron chi connectivity index (χ3n) is 3.33. The van der Waals surface area contributed by atoms with E-state index < -0.39 is 0 Å². The molecule has 0 amide bonds. The lowest BCUT2D eigenvalue weighted by Crippen LogP contribution is -2.23. The third-order valence-corrected chi connectivity index (χ3v) is 4.31. The van der Waals surface area contributed by atoms with Crippen LogP contribution < -0.4 is 10.2 Å². The number of anilines is 1. The minimum atomic E-state index is 0.314. The molecule has 1 saturated carbocycles. The van der Waals surface area contributed by atoms with E-state index in [1.165, 1.54) is 12.8 Å². The fourth-order valence-electron chi connectivity index (χ4n) is 1.63. The molecule has 0 aliphatic heterocycles. The van der Waals surface area contributed by atoms with E-state index in [2.05, 4.69) is 34.6 Å². The Morgan fingerprint density at radius 1 is 1.61 bits per heavy atom. The van der Waals surface area contributed by atoms with Crippen LogP contribution in [0.1, 0.15) is 31.5 Å². The highest BCUT2D eigenvalue weighted by Gasteiger charge is 2.21. The van der Waals surface area contributed by atoms with Crippen LogP contribution in [0.4, 0.5) is 5.13 Å². The number of hydrogen-bond acceptors (Lipinski definition) is 5. The number of hydrogen-bond donors (Lipinski definition) is 1. The van der Waals surface area contributed by atoms with Crippen molar-refractivity contribution in [2.24, 2.45) is 5.92 Å². The predicted octanol–water partition coefficient (Wildman–Crippen LogP) is 2.29. The lowest BCUT2D eigenvalue weighted by Gasteiger charge is -2.15. The Labute approximate surface area is 113 Å². The van der Waals surface area contributed by atoms with Gasteiger partial charge in [0.15, 0.2) is 5.13 Å². The molecule has 2 rings (SSSR count). The summed E-state index contributed by atoms with van der Waals surface area (Å²) >= 11 is 1.70. The molecule has 0 spiro atoms. The van der Waals surface area contributed by atoms with Crippen molar-refractivity contribution in [2.75, 3.05) is 38.8 Å². The summed E-state index contributed by atoms with van der Waals surface area (Å²) in [5.41, 5.74) is 1.11. The highest BCUT2D eigenvalue weighted by atomic mass is 32.1. The van der Waals surface area contributed by atoms with Crippen molar-refractivity contribution in [3.8, 4) is 0 Å². The first-order chi connectivity index (χ1) is 8.70. The number of rotatable bonds is 8. The molecular weight excluding hydrogens is 246 g/mol. The van der Waals surface area contributed by atoms with E-state index in [1.54, 1.807) is 11.3 Å². The van der Waals surface area contributed by atoms with Gasteiger partial charge in [0, 0.05) is 31.6 Å². The Morgan fingerprint density at radius 3 is 3.06 bits per heavy atom. The van der Waals surface area contributed by atoms with Crippen LogP contribution in [0.25, 0.3) is 0 Å². The molecule has 5 heteroatoms. The predicted molar refractivity (Wildman–Crippen MR) is 76.4 cm³/mol. The van der Waals surface area contributed by atoms with Gasteiger partial charge in [0.1, 0.15) is 0 Å². The normalized spacial score (nSPS) is 16.8. The number of aromatic nitrogens is 1. The van der Waals surface area contributed by atoms with Gasteiger partial charge in [-0.15, -0.1) is 11.3 Å². The van der Waals surface area contributed by atoms with Gasteiger partial charge in [0.25, 0.3) is 0 Å². The first-order valence-corrected chi connectivity index (χ1v) is 7.50. The quantitative estimate of drug-likeness (QED) is 0.735. The second-order valence-corrected chi connectivity index (χ2v) is 5.84. The number of likely N-dealkylation sites (N-methyl/N-ethyl adjacent to an activating group) is 1. The molecule has 0 bridgehead atoms. The minimum Gasteiger partial charge on any atom is -0.379 e. The molecule has 0 aromatic carbocycles. The van der Waals surface area contributed by atoms with Crippen LogP contribution in [0.3, 0.4) is 0 Å². The van der Waals surface area contributed by atoms with Crippen LogP contribution in [0.2, 0.25) is 0 Å². The van der Waals surface area contributed by atoms with Crippen molar-refractivity contribution in [1.82, 2.24) is 10.3 Å². The zero-order chi connectivity index (χ0) is 13.0. The van der Waals surface area contributed by atoms with Crippen LogP contribution in [-0.4, -0.2) is 38.8 Å².